The number of fused-ring (bicyclic) bond motifs is 1. The molecule has 110 valence electrons. The van der Waals surface area contributed by atoms with Crippen LogP contribution in [0.5, 0.6) is 0 Å². The second-order valence-corrected chi connectivity index (χ2v) is 7.70. The molecule has 0 radical (unpaired) electrons. The highest BCUT2D eigenvalue weighted by molar-refractivity contribution is 7.99. The third-order valence-corrected chi connectivity index (χ3v) is 6.44. The number of nitrogens with zero attached hydrogens (tertiary/aromatic N) is 1. The summed E-state index contributed by atoms with van der Waals surface area (Å²) in [6, 6.07) is 5.19. The van der Waals surface area contributed by atoms with Crippen LogP contribution in [0.1, 0.15) is 25.8 Å². The van der Waals surface area contributed by atoms with Gasteiger partial charge in [0.05, 0.1) is 5.54 Å². The summed E-state index contributed by atoms with van der Waals surface area (Å²) in [5.41, 5.74) is 8.65. The lowest BCUT2D eigenvalue weighted by molar-refractivity contribution is 0.171. The van der Waals surface area contributed by atoms with Gasteiger partial charge in [-0.2, -0.15) is 11.8 Å². The fourth-order valence-electron chi connectivity index (χ4n) is 3.68. The van der Waals surface area contributed by atoms with E-state index in [2.05, 4.69) is 18.7 Å². The molecular formula is C16H23FN2S. The van der Waals surface area contributed by atoms with E-state index >= 15 is 0 Å². The quantitative estimate of drug-likeness (QED) is 0.909. The Kier molecular flexibility index (Phi) is 3.49. The van der Waals surface area contributed by atoms with Gasteiger partial charge in [-0.3, -0.25) is 0 Å². The molecule has 20 heavy (non-hydrogen) atoms. The molecule has 1 fully saturated rings. The Morgan fingerprint density at radius 1 is 1.40 bits per heavy atom. The molecule has 2 N–H and O–H groups in total. The summed E-state index contributed by atoms with van der Waals surface area (Å²) in [6.07, 6.45) is 2.16. The third-order valence-electron chi connectivity index (χ3n) is 5.27. The molecule has 2 aliphatic rings. The number of benzene rings is 1. The fourth-order valence-corrected chi connectivity index (χ4v) is 5.48. The van der Waals surface area contributed by atoms with Crippen molar-refractivity contribution in [3.05, 3.63) is 29.6 Å². The largest absolute Gasteiger partial charge is 0.363 e. The van der Waals surface area contributed by atoms with E-state index < -0.39 is 0 Å². The minimum atomic E-state index is -0.149. The van der Waals surface area contributed by atoms with E-state index in [1.54, 1.807) is 12.1 Å². The van der Waals surface area contributed by atoms with E-state index in [0.29, 0.717) is 6.54 Å². The molecule has 0 aromatic heterocycles. The first kappa shape index (κ1) is 14.2. The number of nitrogens with two attached hydrogens (primary N) is 1. The molecule has 1 unspecified atom stereocenters. The maximum Gasteiger partial charge on any atom is 0.125 e. The highest BCUT2D eigenvalue weighted by atomic mass is 32.2. The van der Waals surface area contributed by atoms with Crippen molar-refractivity contribution in [2.75, 3.05) is 29.5 Å². The molecule has 1 aromatic carbocycles. The van der Waals surface area contributed by atoms with Crippen LogP contribution in [0.15, 0.2) is 18.2 Å². The zero-order valence-electron chi connectivity index (χ0n) is 12.3. The topological polar surface area (TPSA) is 29.3 Å². The van der Waals surface area contributed by atoms with Gasteiger partial charge in [-0.1, -0.05) is 19.9 Å². The van der Waals surface area contributed by atoms with Crippen LogP contribution in [0.25, 0.3) is 0 Å². The molecule has 1 atom stereocenters. The normalized spacial score (nSPS) is 28.5. The molecule has 0 amide bonds. The second kappa shape index (κ2) is 4.92. The van der Waals surface area contributed by atoms with E-state index in [1.165, 1.54) is 11.3 Å². The van der Waals surface area contributed by atoms with Crippen LogP contribution in [0.3, 0.4) is 0 Å². The van der Waals surface area contributed by atoms with Gasteiger partial charge in [0.2, 0.25) is 0 Å². The van der Waals surface area contributed by atoms with Gasteiger partial charge >= 0.3 is 0 Å². The molecule has 2 aliphatic heterocycles. The lowest BCUT2D eigenvalue weighted by Gasteiger charge is -2.55. The summed E-state index contributed by atoms with van der Waals surface area (Å²) in [6.45, 7) is 6.22. The van der Waals surface area contributed by atoms with Crippen molar-refractivity contribution in [1.29, 1.82) is 0 Å². The molecule has 1 saturated heterocycles. The number of halogens is 1. The zero-order valence-corrected chi connectivity index (χ0v) is 13.1. The van der Waals surface area contributed by atoms with Crippen LogP contribution in [-0.2, 0) is 6.42 Å². The van der Waals surface area contributed by atoms with Gasteiger partial charge in [-0.15, -0.1) is 0 Å². The fraction of sp³-hybridized carbons (Fsp3) is 0.625. The number of hydrogen-bond acceptors (Lipinski definition) is 3. The second-order valence-electron chi connectivity index (χ2n) is 6.60. The van der Waals surface area contributed by atoms with Crippen molar-refractivity contribution in [2.24, 2.45) is 11.1 Å². The van der Waals surface area contributed by atoms with Crippen molar-refractivity contribution in [3.63, 3.8) is 0 Å². The van der Waals surface area contributed by atoms with Crippen LogP contribution in [0, 0.1) is 11.2 Å². The standard InChI is InChI=1S/C16H23FN2S/c1-15(2)6-8-20-11-16(15,10-18)19-7-5-12-3-4-13(17)9-14(12)19/h3-4,9H,5-8,10-11,18H2,1-2H3. The third kappa shape index (κ3) is 1.96. The molecule has 0 spiro atoms. The molecule has 1 aromatic rings. The monoisotopic (exact) mass is 294 g/mol. The summed E-state index contributed by atoms with van der Waals surface area (Å²) in [5, 5.41) is 0. The number of anilines is 1. The lowest BCUT2D eigenvalue weighted by Crippen LogP contribution is -2.65. The SMILES string of the molecule is CC1(C)CCSCC1(CN)N1CCc2ccc(F)cc21. The number of thioether (sulfide) groups is 1. The first-order chi connectivity index (χ1) is 9.50. The average molecular weight is 294 g/mol. The highest BCUT2D eigenvalue weighted by Gasteiger charge is 2.51. The van der Waals surface area contributed by atoms with E-state index in [-0.39, 0.29) is 16.8 Å². The highest BCUT2D eigenvalue weighted by Crippen LogP contribution is 2.49. The van der Waals surface area contributed by atoms with Gasteiger partial charge < -0.3 is 10.6 Å². The van der Waals surface area contributed by atoms with Crippen LogP contribution in [-0.4, -0.2) is 30.1 Å². The average Bonchev–Trinajstić information content (AvgIpc) is 2.82. The number of hydrogen-bond donors (Lipinski definition) is 1. The zero-order chi connectivity index (χ0) is 14.4. The minimum absolute atomic E-state index is 0.0606. The Morgan fingerprint density at radius 2 is 2.20 bits per heavy atom. The predicted octanol–water partition coefficient (Wildman–Crippen LogP) is 3.05. The van der Waals surface area contributed by atoms with Gasteiger partial charge in [-0.05, 0) is 41.7 Å². The van der Waals surface area contributed by atoms with E-state index in [0.717, 1.165) is 30.8 Å². The van der Waals surface area contributed by atoms with Crippen molar-refractivity contribution in [2.45, 2.75) is 32.2 Å². The van der Waals surface area contributed by atoms with Gasteiger partial charge in [0, 0.05) is 24.5 Å². The van der Waals surface area contributed by atoms with Gasteiger partial charge in [-0.25, -0.2) is 4.39 Å². The van der Waals surface area contributed by atoms with Crippen LogP contribution < -0.4 is 10.6 Å². The van der Waals surface area contributed by atoms with E-state index in [9.17, 15) is 4.39 Å². The number of rotatable bonds is 2. The van der Waals surface area contributed by atoms with Crippen molar-refractivity contribution < 1.29 is 4.39 Å². The summed E-state index contributed by atoms with van der Waals surface area (Å²) < 4.78 is 13.7. The smallest absolute Gasteiger partial charge is 0.125 e. The summed E-state index contributed by atoms with van der Waals surface area (Å²) in [5.74, 6) is 2.08. The molecule has 0 saturated carbocycles. The maximum atomic E-state index is 13.7. The van der Waals surface area contributed by atoms with Crippen LogP contribution in [0.2, 0.25) is 0 Å². The Morgan fingerprint density at radius 3 is 2.90 bits per heavy atom. The molecule has 0 aliphatic carbocycles. The Hall–Kier alpha value is -0.740. The molecule has 4 heteroatoms. The summed E-state index contributed by atoms with van der Waals surface area (Å²) in [4.78, 5) is 2.40. The molecule has 3 rings (SSSR count). The summed E-state index contributed by atoms with van der Waals surface area (Å²) in [7, 11) is 0. The molecule has 2 heterocycles. The maximum absolute atomic E-state index is 13.7. The van der Waals surface area contributed by atoms with Crippen molar-refractivity contribution in [1.82, 2.24) is 0 Å². The minimum Gasteiger partial charge on any atom is -0.363 e. The Labute approximate surface area is 124 Å². The predicted molar refractivity (Wildman–Crippen MR) is 85.0 cm³/mol. The molecule has 0 bridgehead atoms. The summed E-state index contributed by atoms with van der Waals surface area (Å²) >= 11 is 1.98. The first-order valence-electron chi connectivity index (χ1n) is 7.34. The van der Waals surface area contributed by atoms with Crippen molar-refractivity contribution in [3.8, 4) is 0 Å². The van der Waals surface area contributed by atoms with E-state index in [1.807, 2.05) is 17.8 Å². The van der Waals surface area contributed by atoms with Gasteiger partial charge in [0.15, 0.2) is 0 Å². The first-order valence-corrected chi connectivity index (χ1v) is 8.49. The van der Waals surface area contributed by atoms with Gasteiger partial charge in [0.1, 0.15) is 5.82 Å². The van der Waals surface area contributed by atoms with Crippen LogP contribution >= 0.6 is 11.8 Å². The van der Waals surface area contributed by atoms with Gasteiger partial charge in [0.25, 0.3) is 0 Å². The van der Waals surface area contributed by atoms with E-state index in [4.69, 9.17) is 5.73 Å². The molecular weight excluding hydrogens is 271 g/mol. The Balaban J connectivity index is 2.06. The van der Waals surface area contributed by atoms with Crippen LogP contribution in [0.4, 0.5) is 10.1 Å². The van der Waals surface area contributed by atoms with Crippen molar-refractivity contribution >= 4 is 17.4 Å². The lowest BCUT2D eigenvalue weighted by atomic mass is 9.69. The molecule has 2 nitrogen and oxygen atoms in total. The Bertz CT molecular complexity index is 517.